The molecule has 0 unspecified atom stereocenters. The van der Waals surface area contributed by atoms with Crippen LogP contribution in [0.3, 0.4) is 0 Å². The van der Waals surface area contributed by atoms with Crippen LogP contribution in [0.2, 0.25) is 0 Å². The minimum atomic E-state index is -4.53. The van der Waals surface area contributed by atoms with E-state index in [-0.39, 0.29) is 24.1 Å². The summed E-state index contributed by atoms with van der Waals surface area (Å²) in [6.45, 7) is 5.01. The number of nitrogens with zero attached hydrogens (tertiary/aromatic N) is 1. The first kappa shape index (κ1) is 24.6. The third kappa shape index (κ3) is 7.10. The minimum absolute atomic E-state index is 0. The second-order valence-electron chi connectivity index (χ2n) is 6.24. The number of anilines is 1. The molecule has 10 heteroatoms. The first-order valence-electron chi connectivity index (χ1n) is 7.76. The highest BCUT2D eigenvalue weighted by molar-refractivity contribution is 8.01. The minimum Gasteiger partial charge on any atom is -0.412 e. The maximum Gasteiger partial charge on any atom is 0.433 e. The fourth-order valence-electron chi connectivity index (χ4n) is 2.23. The van der Waals surface area contributed by atoms with Crippen LogP contribution in [0, 0.1) is 5.92 Å². The molecular weight excluding hydrogens is 373 g/mol. The zero-order valence-corrected chi connectivity index (χ0v) is 15.5. The number of carbonyl (C=O) groups is 1. The van der Waals surface area contributed by atoms with Crippen LogP contribution in [-0.4, -0.2) is 45.6 Å². The van der Waals surface area contributed by atoms with Crippen molar-refractivity contribution in [3.05, 3.63) is 23.9 Å². The Hall–Kier alpha value is -1.36. The molecule has 1 aliphatic rings. The van der Waals surface area contributed by atoms with Gasteiger partial charge < -0.3 is 21.0 Å². The number of rotatable bonds is 5. The SMILES string of the molecule is CC(C)(SCC1CCOCC1)C(=O)Nc1cccc(C(F)(F)F)n1.O.O.[HH]. The number of alkyl halides is 3. The van der Waals surface area contributed by atoms with Crippen molar-refractivity contribution in [1.29, 1.82) is 0 Å². The Bertz CT molecular complexity index is 585. The summed E-state index contributed by atoms with van der Waals surface area (Å²) in [5.74, 6) is 0.878. The molecule has 2 rings (SSSR count). The van der Waals surface area contributed by atoms with E-state index in [1.165, 1.54) is 23.9 Å². The number of nitrogens with one attached hydrogen (secondary N) is 1. The fraction of sp³-hybridized carbons (Fsp3) is 0.625. The van der Waals surface area contributed by atoms with Gasteiger partial charge in [-0.15, -0.1) is 11.8 Å². The van der Waals surface area contributed by atoms with E-state index in [0.29, 0.717) is 5.92 Å². The van der Waals surface area contributed by atoms with Crippen LogP contribution in [-0.2, 0) is 15.7 Å². The van der Waals surface area contributed by atoms with Gasteiger partial charge in [0.2, 0.25) is 5.91 Å². The summed E-state index contributed by atoms with van der Waals surface area (Å²) in [6, 6.07) is 3.46. The van der Waals surface area contributed by atoms with E-state index in [2.05, 4.69) is 10.3 Å². The average molecular weight is 400 g/mol. The number of pyridine rings is 1. The van der Waals surface area contributed by atoms with E-state index >= 15 is 0 Å². The summed E-state index contributed by atoms with van der Waals surface area (Å²) in [5, 5.41) is 2.49. The Balaban J connectivity index is 0. The Morgan fingerprint density at radius 1 is 1.31 bits per heavy atom. The van der Waals surface area contributed by atoms with Gasteiger partial charge in [0.25, 0.3) is 0 Å². The maximum absolute atomic E-state index is 12.7. The summed E-state index contributed by atoms with van der Waals surface area (Å²) >= 11 is 1.50. The van der Waals surface area contributed by atoms with Crippen LogP contribution in [0.25, 0.3) is 0 Å². The molecule has 0 aliphatic carbocycles. The first-order valence-corrected chi connectivity index (χ1v) is 8.74. The van der Waals surface area contributed by atoms with Gasteiger partial charge >= 0.3 is 6.18 Å². The van der Waals surface area contributed by atoms with Gasteiger partial charge in [-0.05, 0) is 50.5 Å². The predicted molar refractivity (Wildman–Crippen MR) is 97.3 cm³/mol. The predicted octanol–water partition coefficient (Wildman–Crippen LogP) is 2.57. The van der Waals surface area contributed by atoms with Crippen molar-refractivity contribution in [1.82, 2.24) is 4.98 Å². The van der Waals surface area contributed by atoms with Crippen LogP contribution >= 0.6 is 11.8 Å². The molecule has 1 fully saturated rings. The molecule has 0 aromatic carbocycles. The van der Waals surface area contributed by atoms with Crippen LogP contribution in [0.5, 0.6) is 0 Å². The number of ether oxygens (including phenoxy) is 1. The molecule has 1 saturated heterocycles. The molecule has 0 radical (unpaired) electrons. The average Bonchev–Trinajstić information content (AvgIpc) is 2.53. The van der Waals surface area contributed by atoms with Crippen molar-refractivity contribution < 1.29 is 35.1 Å². The van der Waals surface area contributed by atoms with Gasteiger partial charge in [0.15, 0.2) is 0 Å². The van der Waals surface area contributed by atoms with Crippen LogP contribution < -0.4 is 5.32 Å². The number of amides is 1. The van der Waals surface area contributed by atoms with Crippen molar-refractivity contribution in [2.24, 2.45) is 5.92 Å². The second kappa shape index (κ2) is 10.1. The van der Waals surface area contributed by atoms with Crippen LogP contribution in [0.4, 0.5) is 19.0 Å². The lowest BCUT2D eigenvalue weighted by atomic mass is 10.0. The molecule has 1 amide bonds. The standard InChI is InChI=1S/C16H21F3N2O2S.2H2O.H2/c1-15(2,24-10-11-6-8-23-9-7-11)14(22)21-13-5-3-4-12(20-13)16(17,18)19;;;/h3-5,11H,6-10H2,1-2H3,(H,20,21,22);2*1H2;1H. The van der Waals surface area contributed by atoms with E-state index in [4.69, 9.17) is 4.74 Å². The van der Waals surface area contributed by atoms with Gasteiger partial charge in [-0.1, -0.05) is 6.07 Å². The number of hydrogen-bond donors (Lipinski definition) is 1. The molecule has 26 heavy (non-hydrogen) atoms. The van der Waals surface area contributed by atoms with Crippen LogP contribution in [0.1, 0.15) is 33.8 Å². The van der Waals surface area contributed by atoms with E-state index in [9.17, 15) is 18.0 Å². The summed E-state index contributed by atoms with van der Waals surface area (Å²) in [7, 11) is 0. The number of hydrogen-bond acceptors (Lipinski definition) is 4. The summed E-state index contributed by atoms with van der Waals surface area (Å²) in [6.07, 6.45) is -2.59. The van der Waals surface area contributed by atoms with Crippen molar-refractivity contribution in [2.75, 3.05) is 24.3 Å². The van der Waals surface area contributed by atoms with Gasteiger partial charge in [-0.25, -0.2) is 4.98 Å². The second-order valence-corrected chi connectivity index (χ2v) is 7.88. The topological polar surface area (TPSA) is 114 Å². The Kier molecular flexibility index (Phi) is 9.57. The molecular formula is C16H27F3N2O4S. The Morgan fingerprint density at radius 3 is 2.50 bits per heavy atom. The van der Waals surface area contributed by atoms with Gasteiger partial charge in [-0.2, -0.15) is 13.2 Å². The number of thioether (sulfide) groups is 1. The monoisotopic (exact) mass is 400 g/mol. The Morgan fingerprint density at radius 2 is 1.92 bits per heavy atom. The summed E-state index contributed by atoms with van der Waals surface area (Å²) in [5.41, 5.74) is -1.02. The molecule has 6 nitrogen and oxygen atoms in total. The van der Waals surface area contributed by atoms with Gasteiger partial charge in [0.1, 0.15) is 11.5 Å². The van der Waals surface area contributed by atoms with Crippen molar-refractivity contribution in [3.63, 3.8) is 0 Å². The van der Waals surface area contributed by atoms with Gasteiger partial charge in [0.05, 0.1) is 4.75 Å². The molecule has 1 aromatic rings. The quantitative estimate of drug-likeness (QED) is 0.818. The Labute approximate surface area is 156 Å². The normalized spacial score (nSPS) is 15.6. The van der Waals surface area contributed by atoms with E-state index in [0.717, 1.165) is 37.9 Å². The first-order chi connectivity index (χ1) is 11.2. The van der Waals surface area contributed by atoms with E-state index in [1.807, 2.05) is 0 Å². The van der Waals surface area contributed by atoms with Crippen molar-refractivity contribution in [2.45, 2.75) is 37.6 Å². The van der Waals surface area contributed by atoms with Crippen molar-refractivity contribution in [3.8, 4) is 0 Å². The van der Waals surface area contributed by atoms with Crippen LogP contribution in [0.15, 0.2) is 18.2 Å². The molecule has 0 saturated carbocycles. The van der Waals surface area contributed by atoms with Gasteiger partial charge in [-0.3, -0.25) is 4.79 Å². The lowest BCUT2D eigenvalue weighted by Gasteiger charge is -2.27. The van der Waals surface area contributed by atoms with Gasteiger partial charge in [0, 0.05) is 14.6 Å². The highest BCUT2D eigenvalue weighted by Crippen LogP contribution is 2.32. The molecule has 152 valence electrons. The fourth-order valence-corrected chi connectivity index (χ4v) is 3.40. The highest BCUT2D eigenvalue weighted by atomic mass is 32.2. The molecule has 0 bridgehead atoms. The molecule has 0 spiro atoms. The van der Waals surface area contributed by atoms with Crippen molar-refractivity contribution >= 4 is 23.5 Å². The van der Waals surface area contributed by atoms with E-state index in [1.54, 1.807) is 13.8 Å². The lowest BCUT2D eigenvalue weighted by Crippen LogP contribution is -2.35. The highest BCUT2D eigenvalue weighted by Gasteiger charge is 2.34. The summed E-state index contributed by atoms with van der Waals surface area (Å²) in [4.78, 5) is 15.9. The largest absolute Gasteiger partial charge is 0.433 e. The third-order valence-corrected chi connectivity index (χ3v) is 5.39. The molecule has 1 aromatic heterocycles. The zero-order valence-electron chi connectivity index (χ0n) is 14.7. The summed E-state index contributed by atoms with van der Waals surface area (Å²) < 4.78 is 42.6. The molecule has 2 heterocycles. The number of carbonyl (C=O) groups excluding carboxylic acids is 1. The van der Waals surface area contributed by atoms with E-state index < -0.39 is 16.6 Å². The lowest BCUT2D eigenvalue weighted by molar-refractivity contribution is -0.141. The number of halogens is 3. The molecule has 5 N–H and O–H groups in total. The smallest absolute Gasteiger partial charge is 0.412 e. The zero-order chi connectivity index (χ0) is 17.8. The molecule has 1 aliphatic heterocycles. The number of aromatic nitrogens is 1. The maximum atomic E-state index is 12.7. The third-order valence-electron chi connectivity index (χ3n) is 3.85. The molecule has 0 atom stereocenters.